The van der Waals surface area contributed by atoms with E-state index in [1.165, 1.54) is 18.2 Å². The van der Waals surface area contributed by atoms with Gasteiger partial charge in [0.15, 0.2) is 0 Å². The number of benzene rings is 1. The van der Waals surface area contributed by atoms with E-state index in [9.17, 15) is 9.18 Å². The van der Waals surface area contributed by atoms with E-state index in [2.05, 4.69) is 21.2 Å². The molecular weight excluding hydrogens is 295 g/mol. The van der Waals surface area contributed by atoms with E-state index in [4.69, 9.17) is 18.0 Å². The zero-order chi connectivity index (χ0) is 12.3. The molecule has 0 aromatic heterocycles. The van der Waals surface area contributed by atoms with Crippen molar-refractivity contribution in [2.75, 3.05) is 0 Å². The van der Waals surface area contributed by atoms with Crippen LogP contribution in [0.4, 0.5) is 4.39 Å². The van der Waals surface area contributed by atoms with Gasteiger partial charge in [-0.05, 0) is 41.1 Å². The fraction of sp³-hybridized carbons (Fsp3) is 0.200. The summed E-state index contributed by atoms with van der Waals surface area (Å²) >= 11 is 7.73. The van der Waals surface area contributed by atoms with Gasteiger partial charge in [0.1, 0.15) is 5.82 Å². The highest BCUT2D eigenvalue weighted by Crippen LogP contribution is 2.16. The third-order valence-electron chi connectivity index (χ3n) is 1.96. The van der Waals surface area contributed by atoms with E-state index in [0.717, 1.165) is 0 Å². The fourth-order valence-electron chi connectivity index (χ4n) is 0.988. The molecule has 0 aliphatic carbocycles. The van der Waals surface area contributed by atoms with Gasteiger partial charge in [0, 0.05) is 5.56 Å². The number of thiocarbonyl (C=S) groups is 1. The second kappa shape index (κ2) is 5.36. The number of rotatable bonds is 3. The van der Waals surface area contributed by atoms with Crippen molar-refractivity contribution in [3.8, 4) is 0 Å². The lowest BCUT2D eigenvalue weighted by molar-refractivity contribution is 0.0949. The number of carbonyl (C=O) groups is 1. The molecule has 0 saturated heterocycles. The van der Waals surface area contributed by atoms with Crippen LogP contribution < -0.4 is 11.1 Å². The summed E-state index contributed by atoms with van der Waals surface area (Å²) < 4.78 is 13.2. The van der Waals surface area contributed by atoms with Gasteiger partial charge in [0.05, 0.1) is 15.5 Å². The van der Waals surface area contributed by atoms with Crippen molar-refractivity contribution >= 4 is 39.0 Å². The SMILES string of the molecule is CC(NC(=O)c1ccc(F)c(Br)c1)C(N)=S. The highest BCUT2D eigenvalue weighted by atomic mass is 79.9. The molecule has 16 heavy (non-hydrogen) atoms. The van der Waals surface area contributed by atoms with Crippen molar-refractivity contribution < 1.29 is 9.18 Å². The Morgan fingerprint density at radius 2 is 2.25 bits per heavy atom. The zero-order valence-corrected chi connectivity index (χ0v) is 10.9. The smallest absolute Gasteiger partial charge is 0.251 e. The first-order valence-corrected chi connectivity index (χ1v) is 5.67. The van der Waals surface area contributed by atoms with E-state index in [0.29, 0.717) is 5.56 Å². The van der Waals surface area contributed by atoms with Crippen molar-refractivity contribution in [2.24, 2.45) is 5.73 Å². The topological polar surface area (TPSA) is 55.1 Å². The summed E-state index contributed by atoms with van der Waals surface area (Å²) in [6.45, 7) is 1.68. The van der Waals surface area contributed by atoms with E-state index in [1.807, 2.05) is 0 Å². The maximum absolute atomic E-state index is 12.9. The molecule has 0 spiro atoms. The fourth-order valence-corrected chi connectivity index (χ4v) is 1.43. The molecular formula is C10H10BrFN2OS. The maximum Gasteiger partial charge on any atom is 0.251 e. The van der Waals surface area contributed by atoms with Gasteiger partial charge in [-0.25, -0.2) is 4.39 Å². The van der Waals surface area contributed by atoms with Crippen LogP contribution in [-0.4, -0.2) is 16.9 Å². The van der Waals surface area contributed by atoms with Crippen molar-refractivity contribution in [1.29, 1.82) is 0 Å². The number of hydrogen-bond acceptors (Lipinski definition) is 2. The van der Waals surface area contributed by atoms with Crippen LogP contribution in [0.25, 0.3) is 0 Å². The van der Waals surface area contributed by atoms with Crippen molar-refractivity contribution in [2.45, 2.75) is 13.0 Å². The molecule has 0 saturated carbocycles. The normalized spacial score (nSPS) is 11.9. The molecule has 6 heteroatoms. The molecule has 0 aliphatic heterocycles. The van der Waals surface area contributed by atoms with E-state index in [-0.39, 0.29) is 15.4 Å². The Balaban J connectivity index is 2.81. The van der Waals surface area contributed by atoms with Crippen LogP contribution in [0.2, 0.25) is 0 Å². The van der Waals surface area contributed by atoms with Crippen LogP contribution in [0, 0.1) is 5.82 Å². The average molecular weight is 305 g/mol. The maximum atomic E-state index is 12.9. The van der Waals surface area contributed by atoms with Gasteiger partial charge in [-0.1, -0.05) is 12.2 Å². The first kappa shape index (κ1) is 13.1. The van der Waals surface area contributed by atoms with Gasteiger partial charge in [-0.2, -0.15) is 0 Å². The summed E-state index contributed by atoms with van der Waals surface area (Å²) in [6.07, 6.45) is 0. The second-order valence-electron chi connectivity index (χ2n) is 3.23. The Morgan fingerprint density at radius 1 is 1.62 bits per heavy atom. The van der Waals surface area contributed by atoms with Crippen LogP contribution in [0.5, 0.6) is 0 Å². The summed E-state index contributed by atoms with van der Waals surface area (Å²) in [6, 6.07) is 3.61. The molecule has 1 atom stereocenters. The summed E-state index contributed by atoms with van der Waals surface area (Å²) in [5.74, 6) is -0.764. The molecule has 0 heterocycles. The van der Waals surface area contributed by atoms with E-state index in [1.54, 1.807) is 6.92 Å². The van der Waals surface area contributed by atoms with Crippen LogP contribution >= 0.6 is 28.1 Å². The van der Waals surface area contributed by atoms with Crippen LogP contribution in [0.1, 0.15) is 17.3 Å². The summed E-state index contributed by atoms with van der Waals surface area (Å²) in [5.41, 5.74) is 5.71. The molecule has 3 N–H and O–H groups in total. The number of hydrogen-bond donors (Lipinski definition) is 2. The van der Waals surface area contributed by atoms with Gasteiger partial charge in [-0.3, -0.25) is 4.79 Å². The van der Waals surface area contributed by atoms with Gasteiger partial charge in [-0.15, -0.1) is 0 Å². The lowest BCUT2D eigenvalue weighted by Gasteiger charge is -2.12. The minimum atomic E-state index is -0.418. The molecule has 1 aromatic rings. The van der Waals surface area contributed by atoms with Crippen LogP contribution in [0.15, 0.2) is 22.7 Å². The average Bonchev–Trinajstić information content (AvgIpc) is 2.21. The molecule has 0 bridgehead atoms. The van der Waals surface area contributed by atoms with E-state index < -0.39 is 11.9 Å². The number of nitrogens with two attached hydrogens (primary N) is 1. The van der Waals surface area contributed by atoms with Crippen molar-refractivity contribution in [3.05, 3.63) is 34.1 Å². The number of halogens is 2. The number of carbonyl (C=O) groups excluding carboxylic acids is 1. The zero-order valence-electron chi connectivity index (χ0n) is 8.46. The Hall–Kier alpha value is -1.01. The Bertz CT molecular complexity index is 439. The lowest BCUT2D eigenvalue weighted by Crippen LogP contribution is -2.41. The molecule has 1 unspecified atom stereocenters. The van der Waals surface area contributed by atoms with Crippen LogP contribution in [0.3, 0.4) is 0 Å². The third-order valence-corrected chi connectivity index (χ3v) is 2.92. The summed E-state index contributed by atoms with van der Waals surface area (Å²) in [4.78, 5) is 11.9. The van der Waals surface area contributed by atoms with Crippen molar-refractivity contribution in [3.63, 3.8) is 0 Å². The first-order chi connectivity index (χ1) is 7.41. The standard InChI is InChI=1S/C10H10BrFN2OS/c1-5(9(13)16)14-10(15)6-2-3-8(12)7(11)4-6/h2-5H,1H3,(H2,13,16)(H,14,15). The Kier molecular flexibility index (Phi) is 4.37. The molecule has 1 amide bonds. The molecule has 1 aromatic carbocycles. The minimum Gasteiger partial charge on any atom is -0.392 e. The Labute approximate surface area is 106 Å². The molecule has 1 rings (SSSR count). The largest absolute Gasteiger partial charge is 0.392 e. The highest BCUT2D eigenvalue weighted by Gasteiger charge is 2.12. The predicted molar refractivity (Wildman–Crippen MR) is 67.8 cm³/mol. The monoisotopic (exact) mass is 304 g/mol. The molecule has 86 valence electrons. The lowest BCUT2D eigenvalue weighted by atomic mass is 10.2. The minimum absolute atomic E-state index is 0.203. The molecule has 3 nitrogen and oxygen atoms in total. The quantitative estimate of drug-likeness (QED) is 0.840. The number of nitrogens with one attached hydrogen (secondary N) is 1. The molecule has 0 radical (unpaired) electrons. The third kappa shape index (κ3) is 3.24. The van der Waals surface area contributed by atoms with Gasteiger partial charge < -0.3 is 11.1 Å². The van der Waals surface area contributed by atoms with Crippen LogP contribution in [-0.2, 0) is 0 Å². The highest BCUT2D eigenvalue weighted by molar-refractivity contribution is 9.10. The van der Waals surface area contributed by atoms with Gasteiger partial charge >= 0.3 is 0 Å². The Morgan fingerprint density at radius 3 is 2.75 bits per heavy atom. The summed E-state index contributed by atoms with van der Waals surface area (Å²) in [5, 5.41) is 2.59. The van der Waals surface area contributed by atoms with E-state index >= 15 is 0 Å². The first-order valence-electron chi connectivity index (χ1n) is 4.47. The van der Waals surface area contributed by atoms with Gasteiger partial charge in [0.2, 0.25) is 0 Å². The molecule has 0 aliphatic rings. The number of amides is 1. The van der Waals surface area contributed by atoms with Crippen molar-refractivity contribution in [1.82, 2.24) is 5.32 Å². The molecule has 0 fully saturated rings. The predicted octanol–water partition coefficient (Wildman–Crippen LogP) is 1.99. The van der Waals surface area contributed by atoms with Gasteiger partial charge in [0.25, 0.3) is 5.91 Å². The summed E-state index contributed by atoms with van der Waals surface area (Å²) in [7, 11) is 0. The second-order valence-corrected chi connectivity index (χ2v) is 4.55.